The van der Waals surface area contributed by atoms with E-state index in [4.69, 9.17) is 4.74 Å². The molecule has 0 spiro atoms. The lowest BCUT2D eigenvalue weighted by atomic mass is 10.1. The van der Waals surface area contributed by atoms with Gasteiger partial charge < -0.3 is 15.0 Å². The quantitative estimate of drug-likeness (QED) is 0.803. The van der Waals surface area contributed by atoms with Crippen molar-refractivity contribution in [1.29, 1.82) is 0 Å². The summed E-state index contributed by atoms with van der Waals surface area (Å²) in [5.41, 5.74) is 3.26. The molecule has 2 aliphatic rings. The lowest BCUT2D eigenvalue weighted by Crippen LogP contribution is -2.45. The highest BCUT2D eigenvalue weighted by Crippen LogP contribution is 2.30. The van der Waals surface area contributed by atoms with Crippen LogP contribution in [0.4, 0.5) is 5.69 Å². The van der Waals surface area contributed by atoms with Crippen LogP contribution in [0.25, 0.3) is 0 Å². The molecule has 0 aromatic heterocycles. The molecule has 0 saturated heterocycles. The number of carbonyl (C=O) groups is 3. The van der Waals surface area contributed by atoms with Gasteiger partial charge in [0.25, 0.3) is 11.8 Å². The van der Waals surface area contributed by atoms with Crippen molar-refractivity contribution in [2.45, 2.75) is 12.8 Å². The van der Waals surface area contributed by atoms with E-state index in [1.54, 1.807) is 17.0 Å². The molecule has 0 unspecified atom stereocenters. The van der Waals surface area contributed by atoms with Gasteiger partial charge in [-0.2, -0.15) is 5.10 Å². The number of hydrazone groups is 1. The molecule has 8 nitrogen and oxygen atoms in total. The average Bonchev–Trinajstić information content (AvgIpc) is 2.57. The van der Waals surface area contributed by atoms with Crippen LogP contribution in [0.3, 0.4) is 0 Å². The van der Waals surface area contributed by atoms with E-state index in [-0.39, 0.29) is 37.3 Å². The minimum Gasteiger partial charge on any atom is -0.482 e. The van der Waals surface area contributed by atoms with Crippen LogP contribution in [0.5, 0.6) is 5.75 Å². The normalized spacial score (nSPS) is 16.9. The van der Waals surface area contributed by atoms with Crippen molar-refractivity contribution in [3.63, 3.8) is 0 Å². The Labute approximate surface area is 132 Å². The van der Waals surface area contributed by atoms with Crippen molar-refractivity contribution in [1.82, 2.24) is 10.7 Å². The second kappa shape index (κ2) is 6.47. The summed E-state index contributed by atoms with van der Waals surface area (Å²) in [4.78, 5) is 36.5. The SMILES string of the molecule is O=C1CCC(C(=O)NCCN2C(=O)COc3ccccc32)=NN1. The summed E-state index contributed by atoms with van der Waals surface area (Å²) in [6.07, 6.45) is 0.568. The van der Waals surface area contributed by atoms with Gasteiger partial charge in [-0.25, -0.2) is 5.43 Å². The Hall–Kier alpha value is -2.90. The van der Waals surface area contributed by atoms with Gasteiger partial charge in [0, 0.05) is 25.9 Å². The molecule has 0 saturated carbocycles. The first kappa shape index (κ1) is 15.0. The maximum absolute atomic E-state index is 12.0. The van der Waals surface area contributed by atoms with Crippen molar-refractivity contribution in [2.75, 3.05) is 24.6 Å². The summed E-state index contributed by atoms with van der Waals surface area (Å²) in [5, 5.41) is 6.44. The molecule has 8 heteroatoms. The lowest BCUT2D eigenvalue weighted by molar-refractivity contribution is -0.122. The second-order valence-electron chi connectivity index (χ2n) is 5.15. The molecule has 3 amide bonds. The van der Waals surface area contributed by atoms with E-state index >= 15 is 0 Å². The Morgan fingerprint density at radius 3 is 2.91 bits per heavy atom. The number of para-hydroxylation sites is 2. The fourth-order valence-electron chi connectivity index (χ4n) is 2.42. The highest BCUT2D eigenvalue weighted by molar-refractivity contribution is 6.39. The van der Waals surface area contributed by atoms with E-state index in [9.17, 15) is 14.4 Å². The average molecular weight is 316 g/mol. The van der Waals surface area contributed by atoms with Crippen LogP contribution < -0.4 is 20.4 Å². The van der Waals surface area contributed by atoms with E-state index < -0.39 is 0 Å². The van der Waals surface area contributed by atoms with E-state index in [1.165, 1.54) is 0 Å². The van der Waals surface area contributed by atoms with Crippen molar-refractivity contribution in [3.05, 3.63) is 24.3 Å². The number of hydrogen-bond donors (Lipinski definition) is 2. The first-order valence-electron chi connectivity index (χ1n) is 7.31. The molecule has 1 aromatic rings. The highest BCUT2D eigenvalue weighted by atomic mass is 16.5. The summed E-state index contributed by atoms with van der Waals surface area (Å²) in [7, 11) is 0. The number of benzene rings is 1. The summed E-state index contributed by atoms with van der Waals surface area (Å²) >= 11 is 0. The smallest absolute Gasteiger partial charge is 0.267 e. The topological polar surface area (TPSA) is 100 Å². The summed E-state index contributed by atoms with van der Waals surface area (Å²) < 4.78 is 5.36. The predicted octanol–water partition coefficient (Wildman–Crippen LogP) is -0.206. The zero-order valence-electron chi connectivity index (χ0n) is 12.4. The number of hydrogen-bond acceptors (Lipinski definition) is 5. The fraction of sp³-hybridized carbons (Fsp3) is 0.333. The summed E-state index contributed by atoms with van der Waals surface area (Å²) in [5.74, 6) is -0.0333. The van der Waals surface area contributed by atoms with Crippen LogP contribution in [0.15, 0.2) is 29.4 Å². The standard InChI is InChI=1S/C15H16N4O4/c20-13-6-5-10(17-18-13)15(22)16-7-8-19-11-3-1-2-4-12(11)23-9-14(19)21/h1-4H,5-9H2,(H,16,22)(H,18,20). The number of carbonyl (C=O) groups excluding carboxylic acids is 3. The third-order valence-electron chi connectivity index (χ3n) is 3.60. The minimum absolute atomic E-state index is 0.0102. The number of nitrogens with zero attached hydrogens (tertiary/aromatic N) is 2. The molecule has 0 bridgehead atoms. The van der Waals surface area contributed by atoms with Crippen LogP contribution in [0, 0.1) is 0 Å². The van der Waals surface area contributed by atoms with Gasteiger partial charge in [-0.1, -0.05) is 12.1 Å². The number of amides is 3. The minimum atomic E-state index is -0.334. The molecule has 0 atom stereocenters. The van der Waals surface area contributed by atoms with Gasteiger partial charge in [-0.05, 0) is 12.1 Å². The largest absolute Gasteiger partial charge is 0.482 e. The van der Waals surface area contributed by atoms with Crippen LogP contribution in [-0.4, -0.2) is 43.1 Å². The molecule has 2 heterocycles. The van der Waals surface area contributed by atoms with Crippen molar-refractivity contribution in [3.8, 4) is 5.75 Å². The van der Waals surface area contributed by atoms with Gasteiger partial charge in [-0.3, -0.25) is 14.4 Å². The molecule has 1 aromatic carbocycles. The molecular weight excluding hydrogens is 300 g/mol. The van der Waals surface area contributed by atoms with Gasteiger partial charge in [0.15, 0.2) is 6.61 Å². The maximum Gasteiger partial charge on any atom is 0.267 e. The number of fused-ring (bicyclic) bond motifs is 1. The first-order chi connectivity index (χ1) is 11.1. The van der Waals surface area contributed by atoms with Crippen LogP contribution in [-0.2, 0) is 14.4 Å². The maximum atomic E-state index is 12.0. The zero-order chi connectivity index (χ0) is 16.2. The highest BCUT2D eigenvalue weighted by Gasteiger charge is 2.25. The Bertz CT molecular complexity index is 686. The van der Waals surface area contributed by atoms with E-state index in [0.717, 1.165) is 0 Å². The predicted molar refractivity (Wildman–Crippen MR) is 82.1 cm³/mol. The molecule has 0 radical (unpaired) electrons. The van der Waals surface area contributed by atoms with E-state index in [0.29, 0.717) is 30.1 Å². The monoisotopic (exact) mass is 316 g/mol. The number of anilines is 1. The molecule has 120 valence electrons. The van der Waals surface area contributed by atoms with Gasteiger partial charge >= 0.3 is 0 Å². The Balaban J connectivity index is 1.57. The van der Waals surface area contributed by atoms with Gasteiger partial charge in [0.1, 0.15) is 11.5 Å². The Morgan fingerprint density at radius 1 is 1.30 bits per heavy atom. The van der Waals surface area contributed by atoms with Crippen LogP contribution in [0.1, 0.15) is 12.8 Å². The van der Waals surface area contributed by atoms with Crippen molar-refractivity contribution in [2.24, 2.45) is 5.10 Å². The van der Waals surface area contributed by atoms with Gasteiger partial charge in [0.2, 0.25) is 5.91 Å². The number of rotatable bonds is 4. The zero-order valence-corrected chi connectivity index (χ0v) is 12.4. The summed E-state index contributed by atoms with van der Waals surface area (Å²) in [6, 6.07) is 7.26. The molecule has 2 aliphatic heterocycles. The molecular formula is C15H16N4O4. The lowest BCUT2D eigenvalue weighted by Gasteiger charge is -2.29. The third kappa shape index (κ3) is 3.31. The van der Waals surface area contributed by atoms with Gasteiger partial charge in [-0.15, -0.1) is 0 Å². The molecule has 23 heavy (non-hydrogen) atoms. The second-order valence-corrected chi connectivity index (χ2v) is 5.15. The third-order valence-corrected chi connectivity index (χ3v) is 3.60. The van der Waals surface area contributed by atoms with Crippen molar-refractivity contribution < 1.29 is 19.1 Å². The van der Waals surface area contributed by atoms with E-state index in [1.807, 2.05) is 12.1 Å². The first-order valence-corrected chi connectivity index (χ1v) is 7.31. The van der Waals surface area contributed by atoms with Gasteiger partial charge in [0.05, 0.1) is 5.69 Å². The fourth-order valence-corrected chi connectivity index (χ4v) is 2.42. The summed E-state index contributed by atoms with van der Waals surface area (Å²) in [6.45, 7) is 0.611. The Kier molecular flexibility index (Phi) is 4.22. The molecule has 2 N–H and O–H groups in total. The van der Waals surface area contributed by atoms with Crippen LogP contribution >= 0.6 is 0 Å². The van der Waals surface area contributed by atoms with E-state index in [2.05, 4.69) is 15.8 Å². The number of nitrogens with one attached hydrogen (secondary N) is 2. The Morgan fingerprint density at radius 2 is 2.13 bits per heavy atom. The van der Waals surface area contributed by atoms with Crippen LogP contribution in [0.2, 0.25) is 0 Å². The molecule has 0 fully saturated rings. The number of ether oxygens (including phenoxy) is 1. The molecule has 3 rings (SSSR count). The molecule has 0 aliphatic carbocycles. The van der Waals surface area contributed by atoms with Crippen molar-refractivity contribution >= 4 is 29.1 Å².